The molecule has 1 aliphatic heterocycles. The highest BCUT2D eigenvalue weighted by molar-refractivity contribution is 5.94. The molecule has 6 nitrogen and oxygen atoms in total. The predicted molar refractivity (Wildman–Crippen MR) is 118 cm³/mol. The van der Waals surface area contributed by atoms with Crippen LogP contribution in [0.3, 0.4) is 0 Å². The Morgan fingerprint density at radius 2 is 1.60 bits per heavy atom. The van der Waals surface area contributed by atoms with Gasteiger partial charge in [0, 0.05) is 17.8 Å². The molecule has 0 aromatic heterocycles. The van der Waals surface area contributed by atoms with Crippen LogP contribution < -0.4 is 10.6 Å². The number of hydrogen-bond donors (Lipinski definition) is 2. The minimum Gasteiger partial charge on any atom is -0.331 e. The molecule has 158 valence electrons. The van der Waals surface area contributed by atoms with Gasteiger partial charge in [0.15, 0.2) is 0 Å². The standard InChI is InChI=1S/C24H30N4O2/c1-27(2)24(19-9-5-3-6-10-19)15-13-23(14-16-24)18-28(22(30)26-23)17-21(29)25-20-11-7-4-8-12-20/h3-12H,13-18H2,1-2H3,(H,25,29)(H,26,30). The van der Waals surface area contributed by atoms with E-state index in [1.165, 1.54) is 5.56 Å². The molecule has 3 amide bonds. The first kappa shape index (κ1) is 20.4. The van der Waals surface area contributed by atoms with Crippen molar-refractivity contribution in [3.63, 3.8) is 0 Å². The van der Waals surface area contributed by atoms with Gasteiger partial charge in [-0.15, -0.1) is 0 Å². The number of hydrogen-bond acceptors (Lipinski definition) is 3. The van der Waals surface area contributed by atoms with Gasteiger partial charge in [-0.2, -0.15) is 0 Å². The van der Waals surface area contributed by atoms with Crippen molar-refractivity contribution in [2.24, 2.45) is 0 Å². The zero-order chi connectivity index (χ0) is 21.2. The van der Waals surface area contributed by atoms with Gasteiger partial charge in [-0.25, -0.2) is 4.79 Å². The van der Waals surface area contributed by atoms with E-state index in [1.54, 1.807) is 4.90 Å². The monoisotopic (exact) mass is 406 g/mol. The molecule has 1 saturated heterocycles. The second kappa shape index (κ2) is 8.11. The third-order valence-electron chi connectivity index (χ3n) is 6.75. The van der Waals surface area contributed by atoms with Crippen molar-refractivity contribution in [2.45, 2.75) is 36.8 Å². The maximum Gasteiger partial charge on any atom is 0.318 e. The second-order valence-corrected chi connectivity index (χ2v) is 8.77. The van der Waals surface area contributed by atoms with E-state index in [0.29, 0.717) is 6.54 Å². The number of nitrogens with zero attached hydrogens (tertiary/aromatic N) is 2. The Morgan fingerprint density at radius 3 is 2.20 bits per heavy atom. The summed E-state index contributed by atoms with van der Waals surface area (Å²) in [4.78, 5) is 29.0. The molecule has 2 aromatic rings. The van der Waals surface area contributed by atoms with Gasteiger partial charge in [-0.05, 0) is 57.5 Å². The number of nitrogens with one attached hydrogen (secondary N) is 2. The number of urea groups is 1. The first-order valence-electron chi connectivity index (χ1n) is 10.6. The van der Waals surface area contributed by atoms with Gasteiger partial charge in [0.2, 0.25) is 5.91 Å². The van der Waals surface area contributed by atoms with Crippen molar-refractivity contribution < 1.29 is 9.59 Å². The van der Waals surface area contributed by atoms with E-state index in [2.05, 4.69) is 53.9 Å². The van der Waals surface area contributed by atoms with Gasteiger partial charge in [0.1, 0.15) is 6.54 Å². The van der Waals surface area contributed by atoms with E-state index in [9.17, 15) is 9.59 Å². The van der Waals surface area contributed by atoms with E-state index in [0.717, 1.165) is 31.4 Å². The second-order valence-electron chi connectivity index (χ2n) is 8.77. The lowest BCUT2D eigenvalue weighted by atomic mass is 9.69. The molecule has 2 aromatic carbocycles. The highest BCUT2D eigenvalue weighted by Crippen LogP contribution is 2.45. The highest BCUT2D eigenvalue weighted by atomic mass is 16.2. The minimum atomic E-state index is -0.252. The number of anilines is 1. The molecule has 2 N–H and O–H groups in total. The van der Waals surface area contributed by atoms with E-state index in [1.807, 2.05) is 36.4 Å². The predicted octanol–water partition coefficient (Wildman–Crippen LogP) is 3.42. The molecule has 2 fully saturated rings. The van der Waals surface area contributed by atoms with Gasteiger partial charge < -0.3 is 15.5 Å². The fraction of sp³-hybridized carbons (Fsp3) is 0.417. The number of benzene rings is 2. The van der Waals surface area contributed by atoms with Gasteiger partial charge in [-0.3, -0.25) is 9.69 Å². The lowest BCUT2D eigenvalue weighted by Gasteiger charge is -2.48. The smallest absolute Gasteiger partial charge is 0.318 e. The third kappa shape index (κ3) is 3.92. The molecule has 0 atom stereocenters. The molecule has 4 rings (SSSR count). The number of carbonyl (C=O) groups is 2. The average Bonchev–Trinajstić information content (AvgIpc) is 3.04. The lowest BCUT2D eigenvalue weighted by Crippen LogP contribution is -2.54. The van der Waals surface area contributed by atoms with Crippen LogP contribution in [0.5, 0.6) is 0 Å². The van der Waals surface area contributed by atoms with Crippen LogP contribution in [0.15, 0.2) is 60.7 Å². The Bertz CT molecular complexity index is 890. The summed E-state index contributed by atoms with van der Waals surface area (Å²) in [6.45, 7) is 0.645. The van der Waals surface area contributed by atoms with Crippen molar-refractivity contribution in [3.8, 4) is 0 Å². The first-order chi connectivity index (χ1) is 14.4. The number of rotatable bonds is 5. The van der Waals surface area contributed by atoms with Crippen LogP contribution in [0.4, 0.5) is 10.5 Å². The van der Waals surface area contributed by atoms with E-state index in [4.69, 9.17) is 0 Å². The van der Waals surface area contributed by atoms with Crippen molar-refractivity contribution >= 4 is 17.6 Å². The zero-order valence-electron chi connectivity index (χ0n) is 17.7. The van der Waals surface area contributed by atoms with E-state index < -0.39 is 0 Å². The lowest BCUT2D eigenvalue weighted by molar-refractivity contribution is -0.116. The molecular formula is C24H30N4O2. The first-order valence-corrected chi connectivity index (χ1v) is 10.6. The number of para-hydroxylation sites is 1. The molecule has 6 heteroatoms. The summed E-state index contributed by atoms with van der Waals surface area (Å²) in [7, 11) is 4.27. The Kier molecular flexibility index (Phi) is 5.52. The topological polar surface area (TPSA) is 64.7 Å². The minimum absolute atomic E-state index is 0.0185. The molecule has 30 heavy (non-hydrogen) atoms. The van der Waals surface area contributed by atoms with Crippen molar-refractivity contribution in [2.75, 3.05) is 32.5 Å². The van der Waals surface area contributed by atoms with Gasteiger partial charge >= 0.3 is 6.03 Å². The summed E-state index contributed by atoms with van der Waals surface area (Å²) >= 11 is 0. The van der Waals surface area contributed by atoms with Crippen LogP contribution in [-0.2, 0) is 10.3 Å². The molecular weight excluding hydrogens is 376 g/mol. The van der Waals surface area contributed by atoms with Crippen molar-refractivity contribution in [3.05, 3.63) is 66.2 Å². The summed E-state index contributed by atoms with van der Waals surface area (Å²) < 4.78 is 0. The van der Waals surface area contributed by atoms with Crippen LogP contribution >= 0.6 is 0 Å². The van der Waals surface area contributed by atoms with Crippen LogP contribution in [0.2, 0.25) is 0 Å². The maximum absolute atomic E-state index is 12.6. The Balaban J connectivity index is 1.41. The Labute approximate surface area is 178 Å². The maximum atomic E-state index is 12.6. The molecule has 0 bridgehead atoms. The number of carbonyl (C=O) groups excluding carboxylic acids is 2. The number of amides is 3. The van der Waals surface area contributed by atoms with Crippen molar-refractivity contribution in [1.82, 2.24) is 15.1 Å². The molecule has 0 radical (unpaired) electrons. The van der Waals surface area contributed by atoms with E-state index in [-0.39, 0.29) is 29.6 Å². The zero-order valence-corrected chi connectivity index (χ0v) is 17.7. The molecule has 0 unspecified atom stereocenters. The Morgan fingerprint density at radius 1 is 1.00 bits per heavy atom. The average molecular weight is 407 g/mol. The van der Waals surface area contributed by atoms with Crippen LogP contribution in [-0.4, -0.2) is 54.5 Å². The molecule has 1 heterocycles. The summed E-state index contributed by atoms with van der Waals surface area (Å²) in [5.74, 6) is -0.170. The fourth-order valence-corrected chi connectivity index (χ4v) is 4.97. The highest BCUT2D eigenvalue weighted by Gasteiger charge is 2.50. The van der Waals surface area contributed by atoms with Gasteiger partial charge in [0.05, 0.1) is 5.54 Å². The fourth-order valence-electron chi connectivity index (χ4n) is 4.97. The molecule has 2 aliphatic rings. The van der Waals surface area contributed by atoms with Gasteiger partial charge in [0.25, 0.3) is 0 Å². The Hall–Kier alpha value is -2.86. The summed E-state index contributed by atoms with van der Waals surface area (Å²) in [5.41, 5.74) is 1.80. The van der Waals surface area contributed by atoms with Crippen LogP contribution in [0, 0.1) is 0 Å². The molecule has 1 aliphatic carbocycles. The quantitative estimate of drug-likeness (QED) is 0.800. The largest absolute Gasteiger partial charge is 0.331 e. The summed E-state index contributed by atoms with van der Waals surface area (Å²) in [6, 6.07) is 19.8. The van der Waals surface area contributed by atoms with Crippen LogP contribution in [0.25, 0.3) is 0 Å². The SMILES string of the molecule is CN(C)C1(c2ccccc2)CCC2(CC1)CN(CC(=O)Nc1ccccc1)C(=O)N2. The third-order valence-corrected chi connectivity index (χ3v) is 6.75. The molecule has 1 spiro atoms. The van der Waals surface area contributed by atoms with Gasteiger partial charge in [-0.1, -0.05) is 48.5 Å². The molecule has 1 saturated carbocycles. The summed E-state index contributed by atoms with van der Waals surface area (Å²) in [6.07, 6.45) is 3.72. The summed E-state index contributed by atoms with van der Waals surface area (Å²) in [5, 5.41) is 6.07. The normalized spacial score (nSPS) is 26.1. The van der Waals surface area contributed by atoms with Crippen molar-refractivity contribution in [1.29, 1.82) is 0 Å². The van der Waals surface area contributed by atoms with E-state index >= 15 is 0 Å². The van der Waals surface area contributed by atoms with Crippen LogP contribution in [0.1, 0.15) is 31.2 Å².